The summed E-state index contributed by atoms with van der Waals surface area (Å²) in [6.45, 7) is 12.9. The standard InChI is InChI=1S/C23H26BrF.C17H24.C6H3BrFI/c1-4-5-6-7-8-9-19-14-17(2)22(18(3)15-19)13-11-20-10-12-21(24)16-23(20)25;1-5-7-8-9-10-11-16-12-14(3)17(6-2)15(4)13-16;7-4-1-2-6(9)5(8)3-4/h10,12,14-16H,4-9H2,1-3H3;2,12-13H,5,7-11H2,1,3-4H3;1-3H. The lowest BCUT2D eigenvalue weighted by molar-refractivity contribution is 0.619. The molecule has 0 nitrogen and oxygen atoms in total. The third-order valence-corrected chi connectivity index (χ3v) is 10.5. The first-order chi connectivity index (χ1) is 24.4. The van der Waals surface area contributed by atoms with E-state index < -0.39 is 0 Å². The van der Waals surface area contributed by atoms with Crippen LogP contribution >= 0.6 is 54.5 Å². The summed E-state index contributed by atoms with van der Waals surface area (Å²) in [6.07, 6.45) is 21.0. The molecule has 0 spiro atoms. The fraction of sp³-hybridized carbons (Fsp3) is 0.391. The average Bonchev–Trinajstić information content (AvgIpc) is 3.07. The van der Waals surface area contributed by atoms with Crippen LogP contribution in [0.1, 0.15) is 128 Å². The number of halogens is 5. The summed E-state index contributed by atoms with van der Waals surface area (Å²) in [6, 6.07) is 18.9. The lowest BCUT2D eigenvalue weighted by Gasteiger charge is -2.08. The zero-order chi connectivity index (χ0) is 37.8. The molecule has 0 amide bonds. The van der Waals surface area contributed by atoms with E-state index in [2.05, 4.69) is 115 Å². The highest BCUT2D eigenvalue weighted by Gasteiger charge is 2.06. The van der Waals surface area contributed by atoms with Crippen molar-refractivity contribution in [3.05, 3.63) is 135 Å². The highest BCUT2D eigenvalue weighted by atomic mass is 127. The molecule has 0 unspecified atom stereocenters. The molecule has 0 saturated heterocycles. The van der Waals surface area contributed by atoms with E-state index in [1.807, 2.05) is 34.7 Å². The van der Waals surface area contributed by atoms with E-state index in [9.17, 15) is 8.78 Å². The van der Waals surface area contributed by atoms with Gasteiger partial charge in [0, 0.05) is 23.6 Å². The summed E-state index contributed by atoms with van der Waals surface area (Å²) in [5.41, 5.74) is 10.2. The number of aryl methyl sites for hydroxylation is 6. The number of benzene rings is 4. The van der Waals surface area contributed by atoms with Crippen molar-refractivity contribution in [2.45, 2.75) is 119 Å². The Labute approximate surface area is 338 Å². The Morgan fingerprint density at radius 1 is 0.569 bits per heavy atom. The first-order valence-corrected chi connectivity index (χ1v) is 20.8. The second kappa shape index (κ2) is 24.7. The minimum Gasteiger partial charge on any atom is -0.206 e. The van der Waals surface area contributed by atoms with Crippen LogP contribution in [0.4, 0.5) is 8.78 Å². The fourth-order valence-corrected chi connectivity index (χ4v) is 6.88. The van der Waals surface area contributed by atoms with Crippen LogP contribution in [0.25, 0.3) is 0 Å². The van der Waals surface area contributed by atoms with Crippen molar-refractivity contribution in [3.63, 3.8) is 0 Å². The van der Waals surface area contributed by atoms with Crippen molar-refractivity contribution in [1.82, 2.24) is 0 Å². The lowest BCUT2D eigenvalue weighted by Crippen LogP contribution is -1.94. The fourth-order valence-electron chi connectivity index (χ4n) is 5.88. The topological polar surface area (TPSA) is 0 Å². The summed E-state index contributed by atoms with van der Waals surface area (Å²) in [4.78, 5) is 0. The monoisotopic (exact) mass is 928 g/mol. The van der Waals surface area contributed by atoms with Gasteiger partial charge in [0.1, 0.15) is 11.6 Å². The molecule has 0 saturated carbocycles. The molecular weight excluding hydrogens is 877 g/mol. The predicted molar refractivity (Wildman–Crippen MR) is 232 cm³/mol. The van der Waals surface area contributed by atoms with Crippen molar-refractivity contribution < 1.29 is 8.78 Å². The molecule has 0 atom stereocenters. The smallest absolute Gasteiger partial charge is 0.139 e. The lowest BCUT2D eigenvalue weighted by atomic mass is 9.96. The minimum atomic E-state index is -0.291. The van der Waals surface area contributed by atoms with Gasteiger partial charge in [0.15, 0.2) is 0 Å². The molecule has 0 bridgehead atoms. The van der Waals surface area contributed by atoms with Gasteiger partial charge in [0.05, 0.1) is 5.56 Å². The summed E-state index contributed by atoms with van der Waals surface area (Å²) in [5, 5.41) is 0. The Morgan fingerprint density at radius 2 is 1.00 bits per heavy atom. The highest BCUT2D eigenvalue weighted by Crippen LogP contribution is 2.21. The van der Waals surface area contributed by atoms with Gasteiger partial charge in [0.25, 0.3) is 0 Å². The van der Waals surface area contributed by atoms with Gasteiger partial charge in [-0.05, 0) is 146 Å². The Morgan fingerprint density at radius 3 is 1.41 bits per heavy atom. The Bertz CT molecular complexity index is 1750. The van der Waals surface area contributed by atoms with Crippen molar-refractivity contribution in [2.75, 3.05) is 0 Å². The molecule has 0 aliphatic heterocycles. The number of terminal acetylenes is 1. The first kappa shape index (κ1) is 44.7. The van der Waals surface area contributed by atoms with E-state index in [-0.39, 0.29) is 11.6 Å². The number of hydrogen-bond acceptors (Lipinski definition) is 0. The van der Waals surface area contributed by atoms with Gasteiger partial charge in [-0.3, -0.25) is 0 Å². The van der Waals surface area contributed by atoms with Crippen molar-refractivity contribution in [1.29, 1.82) is 0 Å². The van der Waals surface area contributed by atoms with E-state index in [1.165, 1.54) is 116 Å². The second-order valence-corrected chi connectivity index (χ2v) is 16.1. The summed E-state index contributed by atoms with van der Waals surface area (Å²) in [7, 11) is 0. The van der Waals surface area contributed by atoms with Crippen LogP contribution in [0.2, 0.25) is 0 Å². The van der Waals surface area contributed by atoms with E-state index in [1.54, 1.807) is 12.1 Å². The van der Waals surface area contributed by atoms with Crippen molar-refractivity contribution in [2.24, 2.45) is 0 Å². The first-order valence-electron chi connectivity index (χ1n) is 18.1. The zero-order valence-electron chi connectivity index (χ0n) is 31.2. The molecule has 272 valence electrons. The van der Waals surface area contributed by atoms with E-state index in [0.717, 1.165) is 26.5 Å². The molecule has 4 aromatic carbocycles. The highest BCUT2D eigenvalue weighted by molar-refractivity contribution is 14.1. The molecule has 0 aliphatic carbocycles. The maximum absolute atomic E-state index is 13.9. The van der Waals surface area contributed by atoms with Crippen LogP contribution in [0, 0.1) is 67.1 Å². The van der Waals surface area contributed by atoms with Gasteiger partial charge in [-0.15, -0.1) is 6.42 Å². The molecule has 4 aromatic rings. The van der Waals surface area contributed by atoms with Gasteiger partial charge in [-0.2, -0.15) is 0 Å². The maximum Gasteiger partial charge on any atom is 0.139 e. The molecule has 4 rings (SSSR count). The molecule has 0 radical (unpaired) electrons. The SMILES string of the molecule is C#Cc1c(C)cc(CCCCCCC)cc1C.CCCCCCCc1cc(C)c(C#Cc2ccc(Br)cc2F)c(C)c1.Fc1cc(Br)ccc1I. The normalized spacial score (nSPS) is 10.2. The van der Waals surface area contributed by atoms with Crippen LogP contribution in [-0.4, -0.2) is 0 Å². The van der Waals surface area contributed by atoms with Crippen molar-refractivity contribution in [3.8, 4) is 24.2 Å². The van der Waals surface area contributed by atoms with Gasteiger partial charge >= 0.3 is 0 Å². The molecule has 5 heteroatoms. The zero-order valence-corrected chi connectivity index (χ0v) is 36.6. The second-order valence-electron chi connectivity index (χ2n) is 13.1. The molecule has 0 aromatic heterocycles. The summed E-state index contributed by atoms with van der Waals surface area (Å²) < 4.78 is 28.6. The average molecular weight is 931 g/mol. The van der Waals surface area contributed by atoms with E-state index in [0.29, 0.717) is 9.13 Å². The number of hydrogen-bond donors (Lipinski definition) is 0. The number of rotatable bonds is 12. The number of unbranched alkanes of at least 4 members (excludes halogenated alkanes) is 8. The largest absolute Gasteiger partial charge is 0.206 e. The molecule has 0 fully saturated rings. The quantitative estimate of drug-likeness (QED) is 0.0575. The Balaban J connectivity index is 0.000000297. The molecule has 0 aliphatic rings. The Hall–Kier alpha value is -2.45. The van der Waals surface area contributed by atoms with Crippen LogP contribution in [0.3, 0.4) is 0 Å². The van der Waals surface area contributed by atoms with Crippen LogP contribution < -0.4 is 0 Å². The van der Waals surface area contributed by atoms with Gasteiger partial charge in [-0.25, -0.2) is 8.78 Å². The van der Waals surface area contributed by atoms with E-state index in [4.69, 9.17) is 6.42 Å². The predicted octanol–water partition coefficient (Wildman–Crippen LogP) is 15.1. The Kier molecular flexibility index (Phi) is 21.7. The van der Waals surface area contributed by atoms with Gasteiger partial charge in [-0.1, -0.05) is 139 Å². The van der Waals surface area contributed by atoms with E-state index >= 15 is 0 Å². The van der Waals surface area contributed by atoms with Crippen LogP contribution in [0.5, 0.6) is 0 Å². The maximum atomic E-state index is 13.9. The van der Waals surface area contributed by atoms with Crippen LogP contribution in [-0.2, 0) is 12.8 Å². The van der Waals surface area contributed by atoms with Gasteiger partial charge < -0.3 is 0 Å². The summed E-state index contributed by atoms with van der Waals surface area (Å²) in [5.74, 6) is 8.45. The summed E-state index contributed by atoms with van der Waals surface area (Å²) >= 11 is 8.37. The third-order valence-electron chi connectivity index (χ3n) is 8.60. The minimum absolute atomic E-state index is 0.176. The molecule has 0 heterocycles. The molecule has 51 heavy (non-hydrogen) atoms. The van der Waals surface area contributed by atoms with Gasteiger partial charge in [0.2, 0.25) is 0 Å². The van der Waals surface area contributed by atoms with Crippen molar-refractivity contribution >= 4 is 54.5 Å². The van der Waals surface area contributed by atoms with Crippen LogP contribution in [0.15, 0.2) is 69.6 Å². The molecular formula is C46H53Br2F2I. The third kappa shape index (κ3) is 16.8. The molecule has 0 N–H and O–H groups in total.